The van der Waals surface area contributed by atoms with E-state index >= 15 is 0 Å². The van der Waals surface area contributed by atoms with Crippen LogP contribution in [0.1, 0.15) is 11.1 Å². The van der Waals surface area contributed by atoms with E-state index in [4.69, 9.17) is 45.9 Å². The minimum absolute atomic E-state index is 0.276. The molecule has 6 heteroatoms. The molecule has 0 saturated heterocycles. The number of halogens is 3. The fraction of sp³-hybridized carbons (Fsp3) is 0.0714. The highest BCUT2D eigenvalue weighted by atomic mass is 79.9. The van der Waals surface area contributed by atoms with Crippen molar-refractivity contribution in [3.63, 3.8) is 0 Å². The number of nitrogens with two attached hydrogens (primary N) is 1. The molecule has 0 saturated carbocycles. The number of thiocarbonyl (C=S) groups is 1. The Morgan fingerprint density at radius 3 is 2.65 bits per heavy atom. The summed E-state index contributed by atoms with van der Waals surface area (Å²) < 4.78 is 6.63. The molecule has 0 aliphatic carbocycles. The van der Waals surface area contributed by atoms with Crippen molar-refractivity contribution in [3.05, 3.63) is 62.0 Å². The predicted octanol–water partition coefficient (Wildman–Crippen LogP) is 4.97. The number of benzene rings is 2. The van der Waals surface area contributed by atoms with Crippen LogP contribution in [0.25, 0.3) is 0 Å². The zero-order valence-corrected chi connectivity index (χ0v) is 14.1. The molecule has 0 radical (unpaired) electrons. The molecule has 2 rings (SSSR count). The fourth-order valence-electron chi connectivity index (χ4n) is 1.63. The van der Waals surface area contributed by atoms with Gasteiger partial charge in [-0.15, -0.1) is 0 Å². The molecule has 0 aliphatic rings. The van der Waals surface area contributed by atoms with E-state index in [1.165, 1.54) is 0 Å². The molecular formula is C14H10BrCl2NOS. The Morgan fingerprint density at radius 1 is 1.20 bits per heavy atom. The summed E-state index contributed by atoms with van der Waals surface area (Å²) in [5.41, 5.74) is 7.17. The molecular weight excluding hydrogens is 381 g/mol. The van der Waals surface area contributed by atoms with Crippen LogP contribution in [0.2, 0.25) is 10.0 Å². The molecule has 0 bridgehead atoms. The van der Waals surface area contributed by atoms with Gasteiger partial charge in [0.2, 0.25) is 0 Å². The minimum atomic E-state index is 0.276. The van der Waals surface area contributed by atoms with Crippen molar-refractivity contribution in [2.24, 2.45) is 5.73 Å². The van der Waals surface area contributed by atoms with Crippen molar-refractivity contribution in [1.29, 1.82) is 0 Å². The van der Waals surface area contributed by atoms with E-state index in [1.807, 2.05) is 12.1 Å². The molecule has 0 aliphatic heterocycles. The zero-order chi connectivity index (χ0) is 14.7. The molecule has 0 atom stereocenters. The Labute approximate surface area is 141 Å². The Morgan fingerprint density at radius 2 is 1.95 bits per heavy atom. The summed E-state index contributed by atoms with van der Waals surface area (Å²) in [6, 6.07) is 10.7. The van der Waals surface area contributed by atoms with Crippen molar-refractivity contribution < 1.29 is 4.74 Å². The maximum atomic E-state index is 6.09. The summed E-state index contributed by atoms with van der Waals surface area (Å²) in [6.07, 6.45) is 0. The zero-order valence-electron chi connectivity index (χ0n) is 10.2. The SMILES string of the molecule is NC(=S)c1cc(Br)ccc1OCc1cc(Cl)ccc1Cl. The number of hydrogen-bond acceptors (Lipinski definition) is 2. The van der Waals surface area contributed by atoms with Gasteiger partial charge in [0.1, 0.15) is 17.3 Å². The van der Waals surface area contributed by atoms with Gasteiger partial charge in [0.15, 0.2) is 0 Å². The molecule has 0 heterocycles. The molecule has 20 heavy (non-hydrogen) atoms. The second-order valence-corrected chi connectivity index (χ2v) is 6.23. The Kier molecular flexibility index (Phi) is 5.27. The summed E-state index contributed by atoms with van der Waals surface area (Å²) in [5.74, 6) is 0.608. The summed E-state index contributed by atoms with van der Waals surface area (Å²) in [4.78, 5) is 0.276. The van der Waals surface area contributed by atoms with Crippen LogP contribution >= 0.6 is 51.3 Å². The van der Waals surface area contributed by atoms with Crippen LogP contribution in [0, 0.1) is 0 Å². The third-order valence-electron chi connectivity index (χ3n) is 2.60. The maximum absolute atomic E-state index is 6.09. The fourth-order valence-corrected chi connectivity index (χ4v) is 2.52. The normalized spacial score (nSPS) is 10.3. The van der Waals surface area contributed by atoms with Crippen LogP contribution in [-0.2, 0) is 6.61 Å². The Bertz CT molecular complexity index is 664. The van der Waals surface area contributed by atoms with E-state index in [-0.39, 0.29) is 11.6 Å². The quantitative estimate of drug-likeness (QED) is 0.748. The molecule has 0 aromatic heterocycles. The molecule has 2 aromatic rings. The first kappa shape index (κ1) is 15.6. The van der Waals surface area contributed by atoms with Crippen LogP contribution in [0.15, 0.2) is 40.9 Å². The Hall–Kier alpha value is -0.810. The van der Waals surface area contributed by atoms with Crippen molar-refractivity contribution in [2.75, 3.05) is 0 Å². The summed E-state index contributed by atoms with van der Waals surface area (Å²) in [5, 5.41) is 1.21. The van der Waals surface area contributed by atoms with Gasteiger partial charge in [-0.2, -0.15) is 0 Å². The first-order valence-electron chi connectivity index (χ1n) is 5.63. The van der Waals surface area contributed by atoms with E-state index in [9.17, 15) is 0 Å². The van der Waals surface area contributed by atoms with Crippen LogP contribution in [0.5, 0.6) is 5.75 Å². The van der Waals surface area contributed by atoms with Gasteiger partial charge in [-0.3, -0.25) is 0 Å². The van der Waals surface area contributed by atoms with Gasteiger partial charge in [0.25, 0.3) is 0 Å². The monoisotopic (exact) mass is 389 g/mol. The third-order valence-corrected chi connectivity index (χ3v) is 3.91. The predicted molar refractivity (Wildman–Crippen MR) is 90.8 cm³/mol. The second-order valence-electron chi connectivity index (χ2n) is 4.03. The van der Waals surface area contributed by atoms with Gasteiger partial charge in [-0.05, 0) is 36.4 Å². The lowest BCUT2D eigenvalue weighted by molar-refractivity contribution is 0.306. The number of rotatable bonds is 4. The smallest absolute Gasteiger partial charge is 0.130 e. The number of hydrogen-bond donors (Lipinski definition) is 1. The molecule has 0 amide bonds. The molecule has 2 aromatic carbocycles. The minimum Gasteiger partial charge on any atom is -0.488 e. The molecule has 104 valence electrons. The van der Waals surface area contributed by atoms with Gasteiger partial charge in [0, 0.05) is 20.1 Å². The average molecular weight is 391 g/mol. The largest absolute Gasteiger partial charge is 0.488 e. The van der Waals surface area contributed by atoms with Gasteiger partial charge in [-0.25, -0.2) is 0 Å². The van der Waals surface area contributed by atoms with Gasteiger partial charge < -0.3 is 10.5 Å². The van der Waals surface area contributed by atoms with Gasteiger partial charge in [0.05, 0.1) is 5.56 Å². The topological polar surface area (TPSA) is 35.2 Å². The highest BCUT2D eigenvalue weighted by Gasteiger charge is 2.09. The van der Waals surface area contributed by atoms with Crippen molar-refractivity contribution >= 4 is 56.3 Å². The standard InChI is InChI=1S/C14H10BrCl2NOS/c15-9-1-4-13(11(6-9)14(18)20)19-7-8-5-10(16)2-3-12(8)17/h1-6H,7H2,(H2,18,20). The molecule has 0 spiro atoms. The Balaban J connectivity index is 2.23. The molecule has 0 unspecified atom stereocenters. The third kappa shape index (κ3) is 3.85. The van der Waals surface area contributed by atoms with Gasteiger partial charge >= 0.3 is 0 Å². The van der Waals surface area contributed by atoms with E-state index < -0.39 is 0 Å². The van der Waals surface area contributed by atoms with Crippen LogP contribution in [0.3, 0.4) is 0 Å². The lowest BCUT2D eigenvalue weighted by Crippen LogP contribution is -2.11. The average Bonchev–Trinajstić information content (AvgIpc) is 2.40. The van der Waals surface area contributed by atoms with Crippen molar-refractivity contribution in [3.8, 4) is 5.75 Å². The summed E-state index contributed by atoms with van der Waals surface area (Å²) >= 11 is 20.4. The summed E-state index contributed by atoms with van der Waals surface area (Å²) in [7, 11) is 0. The highest BCUT2D eigenvalue weighted by molar-refractivity contribution is 9.10. The first-order chi connectivity index (χ1) is 9.47. The van der Waals surface area contributed by atoms with E-state index in [0.717, 1.165) is 10.0 Å². The molecule has 2 nitrogen and oxygen atoms in total. The maximum Gasteiger partial charge on any atom is 0.130 e. The van der Waals surface area contributed by atoms with Crippen LogP contribution in [-0.4, -0.2) is 4.99 Å². The van der Waals surface area contributed by atoms with Crippen LogP contribution < -0.4 is 10.5 Å². The van der Waals surface area contributed by atoms with Crippen molar-refractivity contribution in [1.82, 2.24) is 0 Å². The van der Waals surface area contributed by atoms with Gasteiger partial charge in [-0.1, -0.05) is 51.3 Å². The molecule has 2 N–H and O–H groups in total. The molecule has 0 fully saturated rings. The lowest BCUT2D eigenvalue weighted by atomic mass is 10.2. The number of ether oxygens (including phenoxy) is 1. The second kappa shape index (κ2) is 6.76. The first-order valence-corrected chi connectivity index (χ1v) is 7.59. The lowest BCUT2D eigenvalue weighted by Gasteiger charge is -2.12. The highest BCUT2D eigenvalue weighted by Crippen LogP contribution is 2.26. The summed E-state index contributed by atoms with van der Waals surface area (Å²) in [6.45, 7) is 0.288. The van der Waals surface area contributed by atoms with E-state index in [1.54, 1.807) is 24.3 Å². The van der Waals surface area contributed by atoms with E-state index in [2.05, 4.69) is 15.9 Å². The van der Waals surface area contributed by atoms with Crippen molar-refractivity contribution in [2.45, 2.75) is 6.61 Å². The van der Waals surface area contributed by atoms with Crippen LogP contribution in [0.4, 0.5) is 0 Å². The van der Waals surface area contributed by atoms with E-state index in [0.29, 0.717) is 21.4 Å².